The summed E-state index contributed by atoms with van der Waals surface area (Å²) in [6.45, 7) is 0. The van der Waals surface area contributed by atoms with Crippen LogP contribution in [0.2, 0.25) is 5.02 Å². The zero-order valence-electron chi connectivity index (χ0n) is 9.38. The Morgan fingerprint density at radius 2 is 1.89 bits per heavy atom. The Balaban J connectivity index is 2.23. The Bertz CT molecular complexity index is 649. The minimum Gasteiger partial charge on any atom is -0.319 e. The zero-order valence-corrected chi connectivity index (χ0v) is 12.3. The second-order valence-electron chi connectivity index (χ2n) is 3.71. The molecule has 0 fully saturated rings. The molecule has 98 valence electrons. The fraction of sp³-hybridized carbons (Fsp3) is 0. The molecule has 1 amide bonds. The third-order valence-electron chi connectivity index (χ3n) is 2.36. The lowest BCUT2D eigenvalue weighted by Crippen LogP contribution is -2.13. The van der Waals surface area contributed by atoms with Crippen molar-refractivity contribution in [2.24, 2.45) is 0 Å². The minimum atomic E-state index is -0.822. The van der Waals surface area contributed by atoms with Gasteiger partial charge in [-0.1, -0.05) is 11.6 Å². The van der Waals surface area contributed by atoms with Gasteiger partial charge in [0.1, 0.15) is 11.6 Å². The van der Waals surface area contributed by atoms with Crippen LogP contribution in [0.3, 0.4) is 0 Å². The van der Waals surface area contributed by atoms with Crippen molar-refractivity contribution < 1.29 is 13.6 Å². The van der Waals surface area contributed by atoms with Crippen LogP contribution in [0.25, 0.3) is 0 Å². The molecule has 0 radical (unpaired) electrons. The molecule has 0 aromatic heterocycles. The van der Waals surface area contributed by atoms with Crippen LogP contribution in [0.4, 0.5) is 14.5 Å². The van der Waals surface area contributed by atoms with Gasteiger partial charge in [-0.15, -0.1) is 0 Å². The predicted octanol–water partition coefficient (Wildman–Crippen LogP) is 4.48. The lowest BCUT2D eigenvalue weighted by molar-refractivity contribution is 0.102. The van der Waals surface area contributed by atoms with E-state index in [1.807, 2.05) is 22.6 Å². The molecule has 0 aliphatic rings. The summed E-state index contributed by atoms with van der Waals surface area (Å²) in [6, 6.07) is 7.65. The predicted molar refractivity (Wildman–Crippen MR) is 78.5 cm³/mol. The van der Waals surface area contributed by atoms with Crippen LogP contribution in [-0.2, 0) is 0 Å². The van der Waals surface area contributed by atoms with Gasteiger partial charge in [0.2, 0.25) is 0 Å². The van der Waals surface area contributed by atoms with Gasteiger partial charge in [-0.2, -0.15) is 0 Å². The highest BCUT2D eigenvalue weighted by molar-refractivity contribution is 14.1. The molecule has 0 bridgehead atoms. The van der Waals surface area contributed by atoms with Crippen LogP contribution in [0, 0.1) is 15.2 Å². The maximum atomic E-state index is 13.4. The van der Waals surface area contributed by atoms with Crippen molar-refractivity contribution in [3.8, 4) is 0 Å². The summed E-state index contributed by atoms with van der Waals surface area (Å²) in [4.78, 5) is 11.9. The molecule has 0 unspecified atom stereocenters. The smallest absolute Gasteiger partial charge is 0.255 e. The summed E-state index contributed by atoms with van der Waals surface area (Å²) in [5.74, 6) is -2.01. The molecule has 2 nitrogen and oxygen atoms in total. The van der Waals surface area contributed by atoms with E-state index in [0.29, 0.717) is 20.2 Å². The Labute approximate surface area is 126 Å². The van der Waals surface area contributed by atoms with Gasteiger partial charge in [0.15, 0.2) is 0 Å². The molecule has 0 saturated heterocycles. The van der Waals surface area contributed by atoms with Gasteiger partial charge < -0.3 is 5.32 Å². The molecule has 0 heterocycles. The van der Waals surface area contributed by atoms with Gasteiger partial charge in [-0.25, -0.2) is 8.78 Å². The van der Waals surface area contributed by atoms with Crippen LogP contribution in [0.5, 0.6) is 0 Å². The molecular weight excluding hydrogens is 387 g/mol. The molecule has 2 aromatic rings. The number of nitrogens with one attached hydrogen (secondary N) is 1. The van der Waals surface area contributed by atoms with Crippen molar-refractivity contribution in [1.82, 2.24) is 0 Å². The van der Waals surface area contributed by atoms with Gasteiger partial charge in [-0.05, 0) is 52.9 Å². The van der Waals surface area contributed by atoms with Gasteiger partial charge in [-0.3, -0.25) is 4.79 Å². The Morgan fingerprint density at radius 3 is 2.53 bits per heavy atom. The first-order valence-electron chi connectivity index (χ1n) is 5.19. The Morgan fingerprint density at radius 1 is 1.16 bits per heavy atom. The number of amides is 1. The van der Waals surface area contributed by atoms with Crippen molar-refractivity contribution >= 4 is 45.8 Å². The highest BCUT2D eigenvalue weighted by atomic mass is 127. The standard InChI is InChI=1S/C13H7ClF2INO/c14-9-3-1-7(5-11(9)17)13(19)18-12-4-2-8(15)6-10(12)16/h1-6H,(H,18,19). The van der Waals surface area contributed by atoms with E-state index in [0.717, 1.165) is 6.07 Å². The first-order valence-corrected chi connectivity index (χ1v) is 6.64. The molecule has 0 spiro atoms. The van der Waals surface area contributed by atoms with Gasteiger partial charge >= 0.3 is 0 Å². The SMILES string of the molecule is O=C(Nc1ccc(F)cc1F)c1ccc(Cl)c(I)c1. The van der Waals surface area contributed by atoms with E-state index in [9.17, 15) is 13.6 Å². The topological polar surface area (TPSA) is 29.1 Å². The number of anilines is 1. The largest absolute Gasteiger partial charge is 0.319 e. The monoisotopic (exact) mass is 393 g/mol. The summed E-state index contributed by atoms with van der Waals surface area (Å²) in [7, 11) is 0. The van der Waals surface area contributed by atoms with E-state index in [1.54, 1.807) is 12.1 Å². The number of carbonyl (C=O) groups is 1. The number of benzene rings is 2. The summed E-state index contributed by atoms with van der Waals surface area (Å²) in [5, 5.41) is 2.91. The molecule has 0 aliphatic carbocycles. The third-order valence-corrected chi connectivity index (χ3v) is 3.90. The first-order chi connectivity index (χ1) is 8.97. The van der Waals surface area contributed by atoms with E-state index >= 15 is 0 Å². The molecule has 0 aliphatic heterocycles. The highest BCUT2D eigenvalue weighted by Crippen LogP contribution is 2.21. The lowest BCUT2D eigenvalue weighted by atomic mass is 10.2. The minimum absolute atomic E-state index is 0.0728. The molecule has 2 aromatic carbocycles. The van der Waals surface area contributed by atoms with Crippen LogP contribution in [0.15, 0.2) is 36.4 Å². The van der Waals surface area contributed by atoms with E-state index < -0.39 is 17.5 Å². The third kappa shape index (κ3) is 3.42. The quantitative estimate of drug-likeness (QED) is 0.749. The number of halogens is 4. The molecular formula is C13H7ClF2INO. The number of rotatable bonds is 2. The summed E-state index contributed by atoms with van der Waals surface area (Å²) >= 11 is 7.84. The summed E-state index contributed by atoms with van der Waals surface area (Å²) < 4.78 is 26.8. The second-order valence-corrected chi connectivity index (χ2v) is 5.28. The Hall–Kier alpha value is -1.21. The van der Waals surface area contributed by atoms with Crippen molar-refractivity contribution in [3.05, 3.63) is 62.2 Å². The van der Waals surface area contributed by atoms with Gasteiger partial charge in [0, 0.05) is 15.2 Å². The van der Waals surface area contributed by atoms with Crippen molar-refractivity contribution in [1.29, 1.82) is 0 Å². The van der Waals surface area contributed by atoms with Gasteiger partial charge in [0.05, 0.1) is 10.7 Å². The molecule has 2 rings (SSSR count). The van der Waals surface area contributed by atoms with E-state index in [2.05, 4.69) is 5.32 Å². The number of carbonyl (C=O) groups excluding carboxylic acids is 1. The fourth-order valence-corrected chi connectivity index (χ4v) is 2.06. The lowest BCUT2D eigenvalue weighted by Gasteiger charge is -2.07. The van der Waals surface area contributed by atoms with E-state index in [4.69, 9.17) is 11.6 Å². The molecule has 0 saturated carbocycles. The Kier molecular flexibility index (Phi) is 4.36. The average molecular weight is 394 g/mol. The average Bonchev–Trinajstić information content (AvgIpc) is 2.36. The number of hydrogen-bond acceptors (Lipinski definition) is 1. The molecule has 6 heteroatoms. The number of hydrogen-bond donors (Lipinski definition) is 1. The van der Waals surface area contributed by atoms with Crippen LogP contribution >= 0.6 is 34.2 Å². The first kappa shape index (κ1) is 14.2. The van der Waals surface area contributed by atoms with Crippen LogP contribution in [0.1, 0.15) is 10.4 Å². The summed E-state index contributed by atoms with van der Waals surface area (Å²) in [6.07, 6.45) is 0. The van der Waals surface area contributed by atoms with Crippen molar-refractivity contribution in [2.75, 3.05) is 5.32 Å². The maximum absolute atomic E-state index is 13.4. The van der Waals surface area contributed by atoms with E-state index in [1.165, 1.54) is 12.1 Å². The van der Waals surface area contributed by atoms with E-state index in [-0.39, 0.29) is 5.69 Å². The molecule has 1 N–H and O–H groups in total. The van der Waals surface area contributed by atoms with Crippen molar-refractivity contribution in [2.45, 2.75) is 0 Å². The van der Waals surface area contributed by atoms with Crippen molar-refractivity contribution in [3.63, 3.8) is 0 Å². The highest BCUT2D eigenvalue weighted by Gasteiger charge is 2.11. The maximum Gasteiger partial charge on any atom is 0.255 e. The molecule has 19 heavy (non-hydrogen) atoms. The summed E-state index contributed by atoms with van der Waals surface area (Å²) in [5.41, 5.74) is 0.272. The van der Waals surface area contributed by atoms with Crippen LogP contribution in [-0.4, -0.2) is 5.91 Å². The second kappa shape index (κ2) is 5.83. The van der Waals surface area contributed by atoms with Gasteiger partial charge in [0.25, 0.3) is 5.91 Å². The molecule has 0 atom stereocenters. The zero-order chi connectivity index (χ0) is 14.0. The van der Waals surface area contributed by atoms with Crippen LogP contribution < -0.4 is 5.32 Å². The normalized spacial score (nSPS) is 10.3. The fourth-order valence-electron chi connectivity index (χ4n) is 1.42.